The van der Waals surface area contributed by atoms with Crippen molar-refractivity contribution in [3.63, 3.8) is 0 Å². The van der Waals surface area contributed by atoms with Gasteiger partial charge in [0.25, 0.3) is 0 Å². The van der Waals surface area contributed by atoms with E-state index in [9.17, 15) is 48.6 Å². The zero-order chi connectivity index (χ0) is 21.6. The largest absolute Gasteiger partial charge is 2.00 e. The van der Waals surface area contributed by atoms with Crippen LogP contribution in [0.15, 0.2) is 0 Å². The SMILES string of the molecule is CC(=O)C(C(C)=O)(C(C)=O)C(=O)[O-].CC(=O)C(C(C)=O)(C(C)=O)C(=O)[O-].[Fe+2]. The van der Waals surface area contributed by atoms with Crippen molar-refractivity contribution in [3.05, 3.63) is 0 Å². The van der Waals surface area contributed by atoms with Crippen molar-refractivity contribution in [2.24, 2.45) is 10.8 Å². The molecular weight excluding hydrogens is 408 g/mol. The molecule has 10 nitrogen and oxygen atoms in total. The number of rotatable bonds is 8. The first kappa shape index (κ1) is 29.3. The van der Waals surface area contributed by atoms with Crippen LogP contribution in [0.2, 0.25) is 0 Å². The number of carboxylic acids is 2. The average Bonchev–Trinajstić information content (AvgIpc) is 2.35. The quantitative estimate of drug-likeness (QED) is 0.286. The zero-order valence-corrected chi connectivity index (χ0v) is 16.5. The van der Waals surface area contributed by atoms with Gasteiger partial charge in [-0.2, -0.15) is 0 Å². The number of Topliss-reactive ketones (excluding diaryl/α,β-unsaturated/α-hetero) is 6. The van der Waals surface area contributed by atoms with Gasteiger partial charge in [-0.15, -0.1) is 0 Å². The van der Waals surface area contributed by atoms with E-state index in [0.29, 0.717) is 0 Å². The Labute approximate surface area is 165 Å². The van der Waals surface area contributed by atoms with E-state index in [0.717, 1.165) is 41.5 Å². The minimum atomic E-state index is -2.61. The van der Waals surface area contributed by atoms with Crippen molar-refractivity contribution in [1.29, 1.82) is 0 Å². The molecule has 0 amide bonds. The molecule has 0 aromatic carbocycles. The van der Waals surface area contributed by atoms with Crippen molar-refractivity contribution in [1.82, 2.24) is 0 Å². The van der Waals surface area contributed by atoms with E-state index in [2.05, 4.69) is 0 Å². The van der Waals surface area contributed by atoms with Crippen LogP contribution in [0.5, 0.6) is 0 Å². The van der Waals surface area contributed by atoms with Gasteiger partial charge in [0.1, 0.15) is 0 Å². The summed E-state index contributed by atoms with van der Waals surface area (Å²) in [4.78, 5) is 86.7. The van der Waals surface area contributed by atoms with Crippen molar-refractivity contribution >= 4 is 46.6 Å². The third-order valence-electron chi connectivity index (χ3n) is 3.78. The van der Waals surface area contributed by atoms with Gasteiger partial charge in [0.15, 0.2) is 45.5 Å². The number of carbonyl (C=O) groups excluding carboxylic acids is 8. The summed E-state index contributed by atoms with van der Waals surface area (Å²) in [6.07, 6.45) is 0. The predicted octanol–water partition coefficient (Wildman–Crippen LogP) is -3.02. The smallest absolute Gasteiger partial charge is 0.548 e. The molecule has 0 aliphatic carbocycles. The minimum absolute atomic E-state index is 0. The number of ketones is 6. The van der Waals surface area contributed by atoms with Crippen LogP contribution in [-0.2, 0) is 55.4 Å². The molecule has 27 heavy (non-hydrogen) atoms. The summed E-state index contributed by atoms with van der Waals surface area (Å²) >= 11 is 0. The van der Waals surface area contributed by atoms with E-state index in [-0.39, 0.29) is 17.1 Å². The fraction of sp³-hybridized carbons (Fsp3) is 0.500. The molecule has 0 fully saturated rings. The van der Waals surface area contributed by atoms with E-state index in [4.69, 9.17) is 0 Å². The number of aliphatic carboxylic acids is 2. The van der Waals surface area contributed by atoms with Gasteiger partial charge in [-0.1, -0.05) is 0 Å². The van der Waals surface area contributed by atoms with Crippen molar-refractivity contribution in [3.8, 4) is 0 Å². The van der Waals surface area contributed by atoms with Gasteiger partial charge in [-0.05, 0) is 41.5 Å². The molecule has 0 bridgehead atoms. The van der Waals surface area contributed by atoms with Gasteiger partial charge in [0.05, 0.1) is 11.9 Å². The molecule has 0 aromatic rings. The Bertz CT molecular complexity index is 521. The molecule has 11 heteroatoms. The monoisotopic (exact) mass is 426 g/mol. The van der Waals surface area contributed by atoms with Gasteiger partial charge < -0.3 is 19.8 Å². The molecule has 0 saturated heterocycles. The fourth-order valence-corrected chi connectivity index (χ4v) is 2.35. The molecule has 0 radical (unpaired) electrons. The molecule has 0 rings (SSSR count). The number of carbonyl (C=O) groups is 8. The zero-order valence-electron chi connectivity index (χ0n) is 15.4. The summed E-state index contributed by atoms with van der Waals surface area (Å²) in [5, 5.41) is 21.1. The second-order valence-electron chi connectivity index (χ2n) is 5.41. The Hall–Kier alpha value is -2.52. The van der Waals surface area contributed by atoms with Crippen LogP contribution in [-0.4, -0.2) is 46.6 Å². The van der Waals surface area contributed by atoms with Gasteiger partial charge in [0, 0.05) is 0 Å². The summed E-state index contributed by atoms with van der Waals surface area (Å²) in [6, 6.07) is 0. The second kappa shape index (κ2) is 10.6. The van der Waals surface area contributed by atoms with Gasteiger partial charge in [0.2, 0.25) is 0 Å². The molecule has 0 aromatic heterocycles. The minimum Gasteiger partial charge on any atom is -0.548 e. The van der Waals surface area contributed by atoms with Crippen molar-refractivity contribution < 1.29 is 65.6 Å². The van der Waals surface area contributed by atoms with Gasteiger partial charge in [-0.25, -0.2) is 0 Å². The first-order valence-electron chi connectivity index (χ1n) is 7.04. The van der Waals surface area contributed by atoms with Crippen LogP contribution in [0.25, 0.3) is 0 Å². The van der Waals surface area contributed by atoms with E-state index in [1.165, 1.54) is 0 Å². The molecular formula is C16H18FeO10. The van der Waals surface area contributed by atoms with Gasteiger partial charge >= 0.3 is 17.1 Å². The number of carboxylic acid groups (broad SMARTS) is 2. The molecule has 0 atom stereocenters. The normalized spacial score (nSPS) is 10.3. The molecule has 0 aliphatic rings. The Morgan fingerprint density at radius 3 is 0.556 bits per heavy atom. The molecule has 0 aliphatic heterocycles. The maximum Gasteiger partial charge on any atom is 2.00 e. The summed E-state index contributed by atoms with van der Waals surface area (Å²) in [7, 11) is 0. The third kappa shape index (κ3) is 5.24. The van der Waals surface area contributed by atoms with E-state index >= 15 is 0 Å². The number of hydrogen-bond donors (Lipinski definition) is 0. The summed E-state index contributed by atoms with van der Waals surface area (Å²) in [6.45, 7) is 5.24. The Balaban J connectivity index is -0.000000411. The van der Waals surface area contributed by atoms with Crippen LogP contribution >= 0.6 is 0 Å². The van der Waals surface area contributed by atoms with Crippen LogP contribution in [0, 0.1) is 10.8 Å². The molecule has 0 spiro atoms. The van der Waals surface area contributed by atoms with E-state index < -0.39 is 57.5 Å². The predicted molar refractivity (Wildman–Crippen MR) is 79.0 cm³/mol. The standard InChI is InChI=1S/2C8H10O5.Fe/c2*1-4(9)8(5(2)10,6(3)11)7(12)13;/h2*1-3H3,(H,12,13);/q;;+2/p-2. The first-order valence-corrected chi connectivity index (χ1v) is 7.04. The Kier molecular flexibility index (Phi) is 11.5. The molecule has 0 N–H and O–H groups in total. The molecule has 150 valence electrons. The van der Waals surface area contributed by atoms with Gasteiger partial charge in [-0.3, -0.25) is 28.8 Å². The summed E-state index contributed by atoms with van der Waals surface area (Å²) < 4.78 is 0. The topological polar surface area (TPSA) is 183 Å². The van der Waals surface area contributed by atoms with Crippen LogP contribution in [0.4, 0.5) is 0 Å². The molecule has 0 unspecified atom stereocenters. The third-order valence-corrected chi connectivity index (χ3v) is 3.78. The second-order valence-corrected chi connectivity index (χ2v) is 5.41. The Morgan fingerprint density at radius 2 is 0.556 bits per heavy atom. The summed E-state index contributed by atoms with van der Waals surface area (Å²) in [5.74, 6) is -10.0. The van der Waals surface area contributed by atoms with Crippen molar-refractivity contribution in [2.45, 2.75) is 41.5 Å². The van der Waals surface area contributed by atoms with Crippen molar-refractivity contribution in [2.75, 3.05) is 0 Å². The average molecular weight is 426 g/mol. The first-order chi connectivity index (χ1) is 11.5. The van der Waals surface area contributed by atoms with E-state index in [1.54, 1.807) is 0 Å². The number of hydrogen-bond acceptors (Lipinski definition) is 10. The van der Waals surface area contributed by atoms with E-state index in [1.807, 2.05) is 0 Å². The Morgan fingerprint density at radius 1 is 0.444 bits per heavy atom. The maximum absolute atomic E-state index is 10.9. The molecule has 0 saturated carbocycles. The maximum atomic E-state index is 10.9. The van der Waals surface area contributed by atoms with Crippen LogP contribution < -0.4 is 10.2 Å². The van der Waals surface area contributed by atoms with Crippen LogP contribution in [0.1, 0.15) is 41.5 Å². The summed E-state index contributed by atoms with van der Waals surface area (Å²) in [5.41, 5.74) is -5.22. The van der Waals surface area contributed by atoms with Crippen LogP contribution in [0.3, 0.4) is 0 Å². The molecule has 0 heterocycles. The fourth-order valence-electron chi connectivity index (χ4n) is 2.35.